The second kappa shape index (κ2) is 10.8. The first-order valence-corrected chi connectivity index (χ1v) is 10.9. The normalized spacial score (nSPS) is 13.8. The van der Waals surface area contributed by atoms with Crippen LogP contribution in [0.5, 0.6) is 11.5 Å². The van der Waals surface area contributed by atoms with Gasteiger partial charge in [0.05, 0.1) is 6.61 Å². The van der Waals surface area contributed by atoms with Crippen molar-refractivity contribution < 1.29 is 19.1 Å². The van der Waals surface area contributed by atoms with E-state index in [1.807, 2.05) is 68.1 Å². The van der Waals surface area contributed by atoms with Gasteiger partial charge in [-0.1, -0.05) is 30.3 Å². The summed E-state index contributed by atoms with van der Waals surface area (Å²) in [6.45, 7) is 8.77. The highest BCUT2D eigenvalue weighted by Gasteiger charge is 2.24. The Labute approximate surface area is 184 Å². The van der Waals surface area contributed by atoms with Gasteiger partial charge in [-0.15, -0.1) is 0 Å². The van der Waals surface area contributed by atoms with Crippen LogP contribution < -0.4 is 9.47 Å². The van der Waals surface area contributed by atoms with Crippen molar-refractivity contribution >= 4 is 11.8 Å². The summed E-state index contributed by atoms with van der Waals surface area (Å²) in [4.78, 5) is 28.6. The molecule has 1 aliphatic rings. The molecule has 0 unspecified atom stereocenters. The number of carbonyl (C=O) groups excluding carboxylic acids is 2. The highest BCUT2D eigenvalue weighted by Crippen LogP contribution is 2.20. The molecule has 2 aromatic carbocycles. The van der Waals surface area contributed by atoms with E-state index in [1.165, 1.54) is 0 Å². The fourth-order valence-electron chi connectivity index (χ4n) is 3.60. The molecule has 0 radical (unpaired) electrons. The first-order valence-electron chi connectivity index (χ1n) is 10.9. The number of hydrogen-bond donors (Lipinski definition) is 0. The summed E-state index contributed by atoms with van der Waals surface area (Å²) in [5, 5.41) is 0. The fraction of sp³-hybridized carbons (Fsp3) is 0.440. The Bertz CT molecular complexity index is 904. The zero-order chi connectivity index (χ0) is 22.2. The van der Waals surface area contributed by atoms with Crippen molar-refractivity contribution in [3.63, 3.8) is 0 Å². The Morgan fingerprint density at radius 3 is 2.10 bits per heavy atom. The van der Waals surface area contributed by atoms with Crippen LogP contribution >= 0.6 is 0 Å². The van der Waals surface area contributed by atoms with Crippen LogP contribution in [0.1, 0.15) is 29.5 Å². The molecule has 0 atom stereocenters. The molecule has 0 bridgehead atoms. The predicted molar refractivity (Wildman–Crippen MR) is 120 cm³/mol. The Morgan fingerprint density at radius 1 is 0.774 bits per heavy atom. The van der Waals surface area contributed by atoms with Gasteiger partial charge in [-0.2, -0.15) is 0 Å². The minimum absolute atomic E-state index is 0.0223. The first kappa shape index (κ1) is 22.7. The zero-order valence-corrected chi connectivity index (χ0v) is 18.7. The van der Waals surface area contributed by atoms with Crippen LogP contribution in [-0.2, 0) is 9.59 Å². The van der Waals surface area contributed by atoms with Gasteiger partial charge in [0.1, 0.15) is 11.5 Å². The highest BCUT2D eigenvalue weighted by atomic mass is 16.5. The predicted octanol–water partition coefficient (Wildman–Crippen LogP) is 3.52. The topological polar surface area (TPSA) is 59.1 Å². The molecule has 1 aliphatic heterocycles. The fourth-order valence-corrected chi connectivity index (χ4v) is 3.60. The monoisotopic (exact) mass is 424 g/mol. The molecule has 1 fully saturated rings. The number of piperazine rings is 1. The molecule has 0 N–H and O–H groups in total. The Morgan fingerprint density at radius 2 is 1.39 bits per heavy atom. The maximum absolute atomic E-state index is 12.5. The third-order valence-corrected chi connectivity index (χ3v) is 5.78. The van der Waals surface area contributed by atoms with Gasteiger partial charge in [0.2, 0.25) is 5.91 Å². The van der Waals surface area contributed by atoms with Gasteiger partial charge in [-0.05, 0) is 56.0 Å². The maximum Gasteiger partial charge on any atom is 0.260 e. The number of ether oxygens (including phenoxy) is 2. The third kappa shape index (κ3) is 6.23. The van der Waals surface area contributed by atoms with Crippen LogP contribution in [0.25, 0.3) is 0 Å². The first-order chi connectivity index (χ1) is 15.0. The lowest BCUT2D eigenvalue weighted by molar-refractivity contribution is -0.140. The van der Waals surface area contributed by atoms with E-state index in [0.717, 1.165) is 28.2 Å². The number of nitrogens with zero attached hydrogens (tertiary/aromatic N) is 2. The average Bonchev–Trinajstić information content (AvgIpc) is 2.78. The minimum atomic E-state index is -0.0420. The van der Waals surface area contributed by atoms with Gasteiger partial charge < -0.3 is 19.3 Å². The molecule has 166 valence electrons. The molecule has 3 rings (SSSR count). The third-order valence-electron chi connectivity index (χ3n) is 5.78. The summed E-state index contributed by atoms with van der Waals surface area (Å²) in [5.74, 6) is 1.69. The second-order valence-electron chi connectivity index (χ2n) is 7.97. The molecular formula is C25H32N2O4. The molecule has 6 heteroatoms. The quantitative estimate of drug-likeness (QED) is 0.609. The Kier molecular flexibility index (Phi) is 7.93. The van der Waals surface area contributed by atoms with Gasteiger partial charge in [0.25, 0.3) is 5.91 Å². The Hall–Kier alpha value is -3.02. The van der Waals surface area contributed by atoms with Crippen molar-refractivity contribution in [2.24, 2.45) is 0 Å². The van der Waals surface area contributed by atoms with Gasteiger partial charge in [-0.25, -0.2) is 0 Å². The van der Waals surface area contributed by atoms with Crippen LogP contribution in [0.2, 0.25) is 0 Å². The number of amides is 2. The molecule has 1 heterocycles. The molecule has 6 nitrogen and oxygen atoms in total. The summed E-state index contributed by atoms with van der Waals surface area (Å²) in [6, 6.07) is 13.7. The minimum Gasteiger partial charge on any atom is -0.493 e. The average molecular weight is 425 g/mol. The van der Waals surface area contributed by atoms with Crippen molar-refractivity contribution in [1.82, 2.24) is 9.80 Å². The molecule has 0 saturated carbocycles. The number of para-hydroxylation sites is 1. The molecular weight excluding hydrogens is 392 g/mol. The number of benzene rings is 2. The number of hydrogen-bond acceptors (Lipinski definition) is 4. The summed E-state index contributed by atoms with van der Waals surface area (Å²) < 4.78 is 11.5. The number of carbonyl (C=O) groups is 2. The van der Waals surface area contributed by atoms with E-state index in [1.54, 1.807) is 4.90 Å². The molecule has 0 aliphatic carbocycles. The summed E-state index contributed by atoms with van der Waals surface area (Å²) in [7, 11) is 0. The summed E-state index contributed by atoms with van der Waals surface area (Å²) in [5.41, 5.74) is 3.29. The van der Waals surface area contributed by atoms with Crippen LogP contribution in [0.15, 0.2) is 42.5 Å². The second-order valence-corrected chi connectivity index (χ2v) is 7.97. The summed E-state index contributed by atoms with van der Waals surface area (Å²) >= 11 is 0. The van der Waals surface area contributed by atoms with Crippen LogP contribution in [0.3, 0.4) is 0 Å². The van der Waals surface area contributed by atoms with Crippen molar-refractivity contribution in [3.05, 3.63) is 59.2 Å². The van der Waals surface area contributed by atoms with Crippen molar-refractivity contribution in [3.8, 4) is 11.5 Å². The smallest absolute Gasteiger partial charge is 0.260 e. The van der Waals surface area contributed by atoms with Gasteiger partial charge in [0.15, 0.2) is 6.61 Å². The van der Waals surface area contributed by atoms with E-state index >= 15 is 0 Å². The van der Waals surface area contributed by atoms with E-state index in [4.69, 9.17) is 9.47 Å². The molecule has 0 aromatic heterocycles. The van der Waals surface area contributed by atoms with E-state index < -0.39 is 0 Å². The molecule has 0 spiro atoms. The molecule has 1 saturated heterocycles. The maximum atomic E-state index is 12.5. The van der Waals surface area contributed by atoms with Crippen molar-refractivity contribution in [2.45, 2.75) is 33.6 Å². The molecule has 31 heavy (non-hydrogen) atoms. The van der Waals surface area contributed by atoms with Crippen molar-refractivity contribution in [2.75, 3.05) is 39.4 Å². The standard InChI is InChI=1S/C25H32N2O4/c1-19-9-6-11-23(21(19)3)31-18-25(29)27-15-13-26(14-16-27)24(28)12-7-17-30-22-10-5-4-8-20(22)2/h4-6,8-11H,7,12-18H2,1-3H3. The lowest BCUT2D eigenvalue weighted by Gasteiger charge is -2.34. The number of rotatable bonds is 8. The molecule has 2 aromatic rings. The van der Waals surface area contributed by atoms with E-state index in [2.05, 4.69) is 0 Å². The van der Waals surface area contributed by atoms with Crippen LogP contribution in [0.4, 0.5) is 0 Å². The van der Waals surface area contributed by atoms with Gasteiger partial charge in [-0.3, -0.25) is 9.59 Å². The highest BCUT2D eigenvalue weighted by molar-refractivity contribution is 5.79. The Balaban J connectivity index is 1.35. The van der Waals surface area contributed by atoms with Crippen LogP contribution in [-0.4, -0.2) is 61.0 Å². The van der Waals surface area contributed by atoms with Crippen LogP contribution in [0, 0.1) is 20.8 Å². The van der Waals surface area contributed by atoms with Crippen molar-refractivity contribution in [1.29, 1.82) is 0 Å². The zero-order valence-electron chi connectivity index (χ0n) is 18.7. The van der Waals surface area contributed by atoms with E-state index in [9.17, 15) is 9.59 Å². The lowest BCUT2D eigenvalue weighted by Crippen LogP contribution is -2.51. The van der Waals surface area contributed by atoms with E-state index in [-0.39, 0.29) is 18.4 Å². The summed E-state index contributed by atoms with van der Waals surface area (Å²) in [6.07, 6.45) is 1.13. The lowest BCUT2D eigenvalue weighted by atomic mass is 10.1. The SMILES string of the molecule is Cc1ccccc1OCCCC(=O)N1CCN(C(=O)COc2cccc(C)c2C)CC1. The van der Waals surface area contributed by atoms with Gasteiger partial charge in [0, 0.05) is 32.6 Å². The van der Waals surface area contributed by atoms with E-state index in [0.29, 0.717) is 45.6 Å². The molecule has 2 amide bonds. The van der Waals surface area contributed by atoms with Gasteiger partial charge >= 0.3 is 0 Å². The number of aryl methyl sites for hydroxylation is 2. The largest absolute Gasteiger partial charge is 0.493 e.